The molecule has 0 fully saturated rings. The SMILES string of the molecule is CC[C@H](Sc1ncnc2c1nnn2Cc1ccccc1F)C(=O)OC. The Morgan fingerprint density at radius 3 is 2.88 bits per heavy atom. The Kier molecular flexibility index (Phi) is 5.22. The lowest BCUT2D eigenvalue weighted by Gasteiger charge is -2.11. The number of aromatic nitrogens is 5. The Balaban J connectivity index is 1.92. The number of rotatable bonds is 6. The van der Waals surface area contributed by atoms with Crippen LogP contribution in [0.3, 0.4) is 0 Å². The van der Waals surface area contributed by atoms with Gasteiger partial charge in [-0.1, -0.05) is 42.1 Å². The van der Waals surface area contributed by atoms with Crippen molar-refractivity contribution >= 4 is 28.9 Å². The van der Waals surface area contributed by atoms with Gasteiger partial charge in [-0.3, -0.25) is 4.79 Å². The molecule has 0 bridgehead atoms. The van der Waals surface area contributed by atoms with E-state index in [1.165, 1.54) is 35.9 Å². The summed E-state index contributed by atoms with van der Waals surface area (Å²) >= 11 is 1.26. The molecule has 25 heavy (non-hydrogen) atoms. The number of ether oxygens (including phenoxy) is 1. The summed E-state index contributed by atoms with van der Waals surface area (Å²) in [5.41, 5.74) is 1.45. The number of carbonyl (C=O) groups excluding carboxylic acids is 1. The molecule has 1 atom stereocenters. The monoisotopic (exact) mass is 361 g/mol. The van der Waals surface area contributed by atoms with Crippen LogP contribution in [0.2, 0.25) is 0 Å². The first-order chi connectivity index (χ1) is 12.1. The Morgan fingerprint density at radius 1 is 1.36 bits per heavy atom. The number of esters is 1. The third-order valence-corrected chi connectivity index (χ3v) is 4.97. The first-order valence-corrected chi connectivity index (χ1v) is 8.54. The Morgan fingerprint density at radius 2 is 2.16 bits per heavy atom. The average Bonchev–Trinajstić information content (AvgIpc) is 3.04. The maximum atomic E-state index is 13.9. The largest absolute Gasteiger partial charge is 0.468 e. The van der Waals surface area contributed by atoms with Crippen molar-refractivity contribution in [3.63, 3.8) is 0 Å². The standard InChI is InChI=1S/C16H16FN5O2S/c1-3-12(16(23)24-2)25-15-13-14(18-9-19-15)22(21-20-13)8-10-6-4-5-7-11(10)17/h4-7,9,12H,3,8H2,1-2H3/t12-/m0/s1. The molecule has 130 valence electrons. The third kappa shape index (κ3) is 3.60. The Hall–Kier alpha value is -2.55. The predicted molar refractivity (Wildman–Crippen MR) is 90.6 cm³/mol. The van der Waals surface area contributed by atoms with Gasteiger partial charge >= 0.3 is 5.97 Å². The van der Waals surface area contributed by atoms with Gasteiger partial charge in [-0.05, 0) is 12.5 Å². The maximum Gasteiger partial charge on any atom is 0.319 e. The summed E-state index contributed by atoms with van der Waals surface area (Å²) in [7, 11) is 1.35. The highest BCUT2D eigenvalue weighted by atomic mass is 32.2. The highest BCUT2D eigenvalue weighted by Gasteiger charge is 2.22. The van der Waals surface area contributed by atoms with Crippen LogP contribution in [-0.2, 0) is 16.1 Å². The molecule has 3 aromatic rings. The molecule has 2 aromatic heterocycles. The zero-order valence-electron chi connectivity index (χ0n) is 13.7. The fourth-order valence-corrected chi connectivity index (χ4v) is 3.30. The van der Waals surface area contributed by atoms with Gasteiger partial charge < -0.3 is 4.74 Å². The van der Waals surface area contributed by atoms with E-state index >= 15 is 0 Å². The molecule has 0 unspecified atom stereocenters. The fraction of sp³-hybridized carbons (Fsp3) is 0.312. The van der Waals surface area contributed by atoms with E-state index in [1.54, 1.807) is 18.2 Å². The number of halogens is 1. The smallest absolute Gasteiger partial charge is 0.319 e. The molecule has 0 spiro atoms. The van der Waals surface area contributed by atoms with Crippen LogP contribution in [0.1, 0.15) is 18.9 Å². The van der Waals surface area contributed by atoms with Crippen LogP contribution in [0.4, 0.5) is 4.39 Å². The number of carbonyl (C=O) groups is 1. The van der Waals surface area contributed by atoms with Gasteiger partial charge in [0.15, 0.2) is 11.2 Å². The normalized spacial score (nSPS) is 12.3. The molecule has 0 radical (unpaired) electrons. The summed E-state index contributed by atoms with van der Waals surface area (Å²) in [5, 5.41) is 8.32. The summed E-state index contributed by atoms with van der Waals surface area (Å²) in [6.07, 6.45) is 1.97. The zero-order chi connectivity index (χ0) is 17.8. The molecule has 2 heterocycles. The van der Waals surface area contributed by atoms with Crippen molar-refractivity contribution in [1.82, 2.24) is 25.0 Å². The topological polar surface area (TPSA) is 82.8 Å². The number of thioether (sulfide) groups is 1. The minimum Gasteiger partial charge on any atom is -0.468 e. The molecular formula is C16H16FN5O2S. The predicted octanol–water partition coefficient (Wildman–Crippen LogP) is 2.45. The quantitative estimate of drug-likeness (QED) is 0.379. The van der Waals surface area contributed by atoms with Crippen LogP contribution in [0, 0.1) is 5.82 Å². The van der Waals surface area contributed by atoms with Crippen molar-refractivity contribution in [3.05, 3.63) is 42.0 Å². The number of methoxy groups -OCH3 is 1. The van der Waals surface area contributed by atoms with Gasteiger partial charge in [0, 0.05) is 5.56 Å². The van der Waals surface area contributed by atoms with Crippen molar-refractivity contribution in [2.24, 2.45) is 0 Å². The van der Waals surface area contributed by atoms with Crippen molar-refractivity contribution < 1.29 is 13.9 Å². The number of benzene rings is 1. The van der Waals surface area contributed by atoms with E-state index in [0.717, 1.165) is 0 Å². The number of hydrogen-bond acceptors (Lipinski definition) is 7. The van der Waals surface area contributed by atoms with Gasteiger partial charge in [0.1, 0.15) is 22.4 Å². The van der Waals surface area contributed by atoms with Crippen molar-refractivity contribution in [1.29, 1.82) is 0 Å². The van der Waals surface area contributed by atoms with E-state index in [1.807, 2.05) is 6.92 Å². The highest BCUT2D eigenvalue weighted by Crippen LogP contribution is 2.29. The lowest BCUT2D eigenvalue weighted by atomic mass is 10.2. The molecule has 3 rings (SSSR count). The van der Waals surface area contributed by atoms with Crippen LogP contribution >= 0.6 is 11.8 Å². The minimum atomic E-state index is -0.389. The molecule has 7 nitrogen and oxygen atoms in total. The molecule has 1 aromatic carbocycles. The Labute approximate surface area is 147 Å². The number of hydrogen-bond donors (Lipinski definition) is 0. The first-order valence-electron chi connectivity index (χ1n) is 7.66. The van der Waals surface area contributed by atoms with Gasteiger partial charge in [-0.2, -0.15) is 0 Å². The second kappa shape index (κ2) is 7.56. The molecule has 0 saturated carbocycles. The minimum absolute atomic E-state index is 0.207. The van der Waals surface area contributed by atoms with Gasteiger partial charge in [0.25, 0.3) is 0 Å². The van der Waals surface area contributed by atoms with Crippen molar-refractivity contribution in [3.8, 4) is 0 Å². The summed E-state index contributed by atoms with van der Waals surface area (Å²) in [6, 6.07) is 6.47. The summed E-state index contributed by atoms with van der Waals surface area (Å²) in [4.78, 5) is 20.2. The van der Waals surface area contributed by atoms with Gasteiger partial charge in [0.2, 0.25) is 0 Å². The molecule has 0 aliphatic heterocycles. The van der Waals surface area contributed by atoms with E-state index in [2.05, 4.69) is 20.3 Å². The second-order valence-electron chi connectivity index (χ2n) is 5.23. The molecule has 0 amide bonds. The molecule has 0 aliphatic rings. The average molecular weight is 361 g/mol. The summed E-state index contributed by atoms with van der Waals surface area (Å²) < 4.78 is 20.2. The number of fused-ring (bicyclic) bond motifs is 1. The summed E-state index contributed by atoms with van der Waals surface area (Å²) in [5.74, 6) is -0.635. The van der Waals surface area contributed by atoms with Crippen LogP contribution in [0.25, 0.3) is 11.2 Å². The van der Waals surface area contributed by atoms with E-state index in [9.17, 15) is 9.18 Å². The van der Waals surface area contributed by atoms with E-state index in [4.69, 9.17) is 4.74 Å². The summed E-state index contributed by atoms with van der Waals surface area (Å²) in [6.45, 7) is 2.10. The van der Waals surface area contributed by atoms with Gasteiger partial charge in [-0.15, -0.1) is 5.10 Å². The van der Waals surface area contributed by atoms with Gasteiger partial charge in [-0.25, -0.2) is 19.0 Å². The van der Waals surface area contributed by atoms with E-state index < -0.39 is 0 Å². The molecule has 0 saturated heterocycles. The van der Waals surface area contributed by atoms with Gasteiger partial charge in [0.05, 0.1) is 13.7 Å². The lowest BCUT2D eigenvalue weighted by Crippen LogP contribution is -2.17. The molecule has 0 N–H and O–H groups in total. The van der Waals surface area contributed by atoms with E-state index in [-0.39, 0.29) is 23.6 Å². The molecular weight excluding hydrogens is 345 g/mol. The maximum absolute atomic E-state index is 13.9. The van der Waals surface area contributed by atoms with Crippen LogP contribution in [0.5, 0.6) is 0 Å². The second-order valence-corrected chi connectivity index (χ2v) is 6.42. The van der Waals surface area contributed by atoms with Crippen LogP contribution in [0.15, 0.2) is 35.6 Å². The lowest BCUT2D eigenvalue weighted by molar-refractivity contribution is -0.140. The molecule has 9 heteroatoms. The molecule has 0 aliphatic carbocycles. The van der Waals surface area contributed by atoms with Crippen LogP contribution in [-0.4, -0.2) is 43.3 Å². The number of nitrogens with zero attached hydrogens (tertiary/aromatic N) is 5. The third-order valence-electron chi connectivity index (χ3n) is 3.63. The Bertz CT molecular complexity index is 901. The first kappa shape index (κ1) is 17.3. The fourth-order valence-electron chi connectivity index (χ4n) is 2.32. The van der Waals surface area contributed by atoms with Crippen molar-refractivity contribution in [2.75, 3.05) is 7.11 Å². The van der Waals surface area contributed by atoms with Crippen LogP contribution < -0.4 is 0 Å². The zero-order valence-corrected chi connectivity index (χ0v) is 14.5. The van der Waals surface area contributed by atoms with Crippen molar-refractivity contribution in [2.45, 2.75) is 30.2 Å². The van der Waals surface area contributed by atoms with E-state index in [0.29, 0.717) is 28.2 Å². The highest BCUT2D eigenvalue weighted by molar-refractivity contribution is 8.00.